The van der Waals surface area contributed by atoms with Crippen LogP contribution in [-0.4, -0.2) is 26.8 Å². The van der Waals surface area contributed by atoms with Crippen LogP contribution in [0, 0.1) is 0 Å². The lowest BCUT2D eigenvalue weighted by Crippen LogP contribution is -2.15. The Morgan fingerprint density at radius 2 is 2.09 bits per heavy atom. The van der Waals surface area contributed by atoms with E-state index in [1.165, 1.54) is 0 Å². The lowest BCUT2D eigenvalue weighted by molar-refractivity contribution is -0.136. The van der Waals surface area contributed by atoms with Crippen molar-refractivity contribution in [1.82, 2.24) is 9.78 Å². The van der Waals surface area contributed by atoms with Crippen LogP contribution in [0.5, 0.6) is 0 Å². The second-order valence-electron chi connectivity index (χ2n) is 5.53. The number of benzene rings is 1. The van der Waals surface area contributed by atoms with E-state index in [1.54, 1.807) is 28.9 Å². The van der Waals surface area contributed by atoms with Gasteiger partial charge in [0, 0.05) is 24.3 Å². The fourth-order valence-corrected chi connectivity index (χ4v) is 2.50. The average molecular weight is 299 g/mol. The number of aliphatic carboxylic acids is 1. The molecule has 2 N–H and O–H groups in total. The summed E-state index contributed by atoms with van der Waals surface area (Å²) in [5.74, 6) is -0.741. The molecule has 0 unspecified atom stereocenters. The van der Waals surface area contributed by atoms with Crippen LogP contribution in [-0.2, 0) is 18.3 Å². The molecule has 1 aromatic carbocycles. The number of anilines is 1. The molecule has 1 saturated carbocycles. The molecule has 1 aliphatic carbocycles. The van der Waals surface area contributed by atoms with Gasteiger partial charge in [-0.2, -0.15) is 5.10 Å². The van der Waals surface area contributed by atoms with E-state index in [1.807, 2.05) is 13.1 Å². The Bertz CT molecular complexity index is 732. The fraction of sp³-hybridized carbons (Fsp3) is 0.312. The van der Waals surface area contributed by atoms with Gasteiger partial charge in [0.1, 0.15) is 0 Å². The summed E-state index contributed by atoms with van der Waals surface area (Å²) in [6, 6.07) is 8.71. The third-order valence-corrected chi connectivity index (χ3v) is 3.75. The van der Waals surface area contributed by atoms with Crippen molar-refractivity contribution in [3.8, 4) is 0 Å². The number of amides is 1. The Hall–Kier alpha value is -2.63. The highest BCUT2D eigenvalue weighted by molar-refractivity contribution is 6.03. The number of hydrogen-bond donors (Lipinski definition) is 2. The molecule has 1 fully saturated rings. The van der Waals surface area contributed by atoms with Crippen molar-refractivity contribution >= 4 is 17.6 Å². The Morgan fingerprint density at radius 3 is 2.77 bits per heavy atom. The number of carboxylic acids is 1. The third kappa shape index (κ3) is 3.00. The summed E-state index contributed by atoms with van der Waals surface area (Å²) in [6.07, 6.45) is 2.15. The van der Waals surface area contributed by atoms with Crippen molar-refractivity contribution in [1.29, 1.82) is 0 Å². The number of rotatable bonds is 5. The molecule has 6 nitrogen and oxygen atoms in total. The van der Waals surface area contributed by atoms with Crippen molar-refractivity contribution in [2.75, 3.05) is 5.32 Å². The zero-order chi connectivity index (χ0) is 15.7. The second-order valence-corrected chi connectivity index (χ2v) is 5.53. The molecule has 0 saturated heterocycles. The van der Waals surface area contributed by atoms with Crippen molar-refractivity contribution in [3.63, 3.8) is 0 Å². The molecular formula is C16H17N3O3. The average Bonchev–Trinajstić information content (AvgIpc) is 3.23. The van der Waals surface area contributed by atoms with Gasteiger partial charge in [0.15, 0.2) is 5.69 Å². The smallest absolute Gasteiger partial charge is 0.307 e. The van der Waals surface area contributed by atoms with Crippen LogP contribution < -0.4 is 5.32 Å². The minimum Gasteiger partial charge on any atom is -0.481 e. The van der Waals surface area contributed by atoms with Gasteiger partial charge in [-0.3, -0.25) is 14.3 Å². The molecular weight excluding hydrogens is 282 g/mol. The highest BCUT2D eigenvalue weighted by Crippen LogP contribution is 2.39. The van der Waals surface area contributed by atoms with Crippen molar-refractivity contribution in [2.45, 2.75) is 25.2 Å². The van der Waals surface area contributed by atoms with Crippen LogP contribution in [0.4, 0.5) is 5.69 Å². The first kappa shape index (κ1) is 14.3. The molecule has 0 bridgehead atoms. The summed E-state index contributed by atoms with van der Waals surface area (Å²) in [5, 5.41) is 15.9. The molecule has 22 heavy (non-hydrogen) atoms. The van der Waals surface area contributed by atoms with Gasteiger partial charge in [0.2, 0.25) is 0 Å². The van der Waals surface area contributed by atoms with Crippen molar-refractivity contribution in [2.24, 2.45) is 7.05 Å². The topological polar surface area (TPSA) is 84.2 Å². The lowest BCUT2D eigenvalue weighted by atomic mass is 10.1. The molecule has 1 amide bonds. The van der Waals surface area contributed by atoms with E-state index < -0.39 is 5.97 Å². The zero-order valence-electron chi connectivity index (χ0n) is 12.2. The molecule has 0 aliphatic heterocycles. The van der Waals surface area contributed by atoms with E-state index in [2.05, 4.69) is 10.4 Å². The van der Waals surface area contributed by atoms with E-state index >= 15 is 0 Å². The Morgan fingerprint density at radius 1 is 1.36 bits per heavy atom. The first-order chi connectivity index (χ1) is 10.5. The molecule has 0 spiro atoms. The van der Waals surface area contributed by atoms with E-state index in [0.717, 1.165) is 18.5 Å². The number of carbonyl (C=O) groups is 2. The molecule has 1 heterocycles. The van der Waals surface area contributed by atoms with Gasteiger partial charge in [-0.1, -0.05) is 18.2 Å². The number of nitrogens with one attached hydrogen (secondary N) is 1. The minimum absolute atomic E-state index is 0.133. The molecule has 114 valence electrons. The first-order valence-electron chi connectivity index (χ1n) is 7.19. The number of aromatic nitrogens is 2. The summed E-state index contributed by atoms with van der Waals surface area (Å²) in [5.41, 5.74) is 2.51. The Labute approximate surface area is 127 Å². The van der Waals surface area contributed by atoms with Crippen LogP contribution >= 0.6 is 0 Å². The Kier molecular flexibility index (Phi) is 3.66. The number of aryl methyl sites for hydroxylation is 1. The van der Waals surface area contributed by atoms with Gasteiger partial charge in [0.25, 0.3) is 5.91 Å². The molecule has 0 atom stereocenters. The summed E-state index contributed by atoms with van der Waals surface area (Å²) in [7, 11) is 1.84. The molecule has 6 heteroatoms. The van der Waals surface area contributed by atoms with Crippen LogP contribution in [0.1, 0.15) is 40.5 Å². The van der Waals surface area contributed by atoms with Gasteiger partial charge in [-0.25, -0.2) is 0 Å². The first-order valence-corrected chi connectivity index (χ1v) is 7.19. The molecule has 2 aromatic rings. The predicted molar refractivity (Wildman–Crippen MR) is 80.9 cm³/mol. The van der Waals surface area contributed by atoms with Crippen molar-refractivity contribution < 1.29 is 14.7 Å². The standard InChI is InChI=1S/C16H17N3O3/c1-19-14(10-6-7-10)9-13(18-19)16(22)17-12-5-3-2-4-11(12)8-15(20)21/h2-5,9-10H,6-8H2,1H3,(H,17,22)(H,20,21). The van der Waals surface area contributed by atoms with Crippen LogP contribution in [0.15, 0.2) is 30.3 Å². The number of para-hydroxylation sites is 1. The molecule has 0 radical (unpaired) electrons. The minimum atomic E-state index is -0.935. The van der Waals surface area contributed by atoms with Crippen LogP contribution in [0.2, 0.25) is 0 Å². The number of carboxylic acid groups (broad SMARTS) is 1. The summed E-state index contributed by atoms with van der Waals surface area (Å²) < 4.78 is 1.75. The maximum absolute atomic E-state index is 12.3. The van der Waals surface area contributed by atoms with E-state index in [-0.39, 0.29) is 12.3 Å². The molecule has 1 aromatic heterocycles. The monoisotopic (exact) mass is 299 g/mol. The quantitative estimate of drug-likeness (QED) is 0.886. The predicted octanol–water partition coefficient (Wildman–Crippen LogP) is 2.18. The van der Waals surface area contributed by atoms with E-state index in [4.69, 9.17) is 5.11 Å². The lowest BCUT2D eigenvalue weighted by Gasteiger charge is -2.08. The fourth-order valence-electron chi connectivity index (χ4n) is 2.50. The number of nitrogens with zero attached hydrogens (tertiary/aromatic N) is 2. The maximum Gasteiger partial charge on any atom is 0.307 e. The normalized spacial score (nSPS) is 13.9. The van der Waals surface area contributed by atoms with Crippen LogP contribution in [0.3, 0.4) is 0 Å². The number of hydrogen-bond acceptors (Lipinski definition) is 3. The third-order valence-electron chi connectivity index (χ3n) is 3.75. The van der Waals surface area contributed by atoms with Gasteiger partial charge in [0.05, 0.1) is 6.42 Å². The van der Waals surface area contributed by atoms with Gasteiger partial charge in [-0.05, 0) is 30.5 Å². The van der Waals surface area contributed by atoms with Gasteiger partial charge < -0.3 is 10.4 Å². The summed E-state index contributed by atoms with van der Waals surface area (Å²) in [6.45, 7) is 0. The summed E-state index contributed by atoms with van der Waals surface area (Å²) >= 11 is 0. The van der Waals surface area contributed by atoms with Crippen molar-refractivity contribution in [3.05, 3.63) is 47.3 Å². The second kappa shape index (κ2) is 5.63. The maximum atomic E-state index is 12.3. The Balaban J connectivity index is 1.79. The van der Waals surface area contributed by atoms with E-state index in [0.29, 0.717) is 22.9 Å². The largest absolute Gasteiger partial charge is 0.481 e. The SMILES string of the molecule is Cn1nc(C(=O)Nc2ccccc2CC(=O)O)cc1C1CC1. The highest BCUT2D eigenvalue weighted by atomic mass is 16.4. The van der Waals surface area contributed by atoms with Gasteiger partial charge >= 0.3 is 5.97 Å². The molecule has 3 rings (SSSR count). The highest BCUT2D eigenvalue weighted by Gasteiger charge is 2.28. The molecule has 1 aliphatic rings. The van der Waals surface area contributed by atoms with Gasteiger partial charge in [-0.15, -0.1) is 0 Å². The van der Waals surface area contributed by atoms with E-state index in [9.17, 15) is 9.59 Å². The van der Waals surface area contributed by atoms with Crippen LogP contribution in [0.25, 0.3) is 0 Å². The summed E-state index contributed by atoms with van der Waals surface area (Å²) in [4.78, 5) is 23.2. The number of carbonyl (C=O) groups excluding carboxylic acids is 1. The zero-order valence-corrected chi connectivity index (χ0v) is 12.2.